The van der Waals surface area contributed by atoms with Gasteiger partial charge in [-0.05, 0) is 24.8 Å². The second-order valence-electron chi connectivity index (χ2n) is 3.27. The van der Waals surface area contributed by atoms with E-state index in [1.807, 2.05) is 0 Å². The molecule has 1 aromatic rings. The number of hydrogen-bond donors (Lipinski definition) is 1. The van der Waals surface area contributed by atoms with E-state index in [0.717, 1.165) is 17.7 Å². The summed E-state index contributed by atoms with van der Waals surface area (Å²) in [7, 11) is 0. The first kappa shape index (κ1) is 8.16. The van der Waals surface area contributed by atoms with Gasteiger partial charge >= 0.3 is 5.97 Å². The highest BCUT2D eigenvalue weighted by molar-refractivity contribution is 5.70. The van der Waals surface area contributed by atoms with Crippen molar-refractivity contribution in [3.05, 3.63) is 23.8 Å². The first-order valence-corrected chi connectivity index (χ1v) is 4.28. The van der Waals surface area contributed by atoms with Crippen molar-refractivity contribution in [3.8, 4) is 0 Å². The third-order valence-electron chi connectivity index (χ3n) is 2.43. The standard InChI is InChI=1S/C9H10N2O2/c12-9(13)6-1-2-8-7(3-6)4-10-5-11-8/h4-6H,1-3H2,(H,12,13). The van der Waals surface area contributed by atoms with Gasteiger partial charge in [0.1, 0.15) is 6.33 Å². The van der Waals surface area contributed by atoms with Crippen molar-refractivity contribution in [2.24, 2.45) is 5.92 Å². The zero-order valence-corrected chi connectivity index (χ0v) is 7.10. The van der Waals surface area contributed by atoms with Gasteiger partial charge in [-0.3, -0.25) is 4.79 Å². The number of hydrogen-bond acceptors (Lipinski definition) is 3. The average Bonchev–Trinajstić information content (AvgIpc) is 2.17. The van der Waals surface area contributed by atoms with Gasteiger partial charge in [0, 0.05) is 11.9 Å². The first-order valence-electron chi connectivity index (χ1n) is 4.28. The zero-order valence-electron chi connectivity index (χ0n) is 7.10. The number of nitrogens with zero attached hydrogens (tertiary/aromatic N) is 2. The van der Waals surface area contributed by atoms with Gasteiger partial charge in [-0.2, -0.15) is 0 Å². The molecule has 0 saturated carbocycles. The molecular weight excluding hydrogens is 168 g/mol. The molecule has 1 unspecified atom stereocenters. The molecule has 4 nitrogen and oxygen atoms in total. The quantitative estimate of drug-likeness (QED) is 0.686. The van der Waals surface area contributed by atoms with Crippen molar-refractivity contribution in [1.82, 2.24) is 9.97 Å². The largest absolute Gasteiger partial charge is 0.481 e. The minimum absolute atomic E-state index is 0.251. The van der Waals surface area contributed by atoms with E-state index in [1.165, 1.54) is 6.33 Å². The third kappa shape index (κ3) is 1.52. The van der Waals surface area contributed by atoms with Crippen LogP contribution in [0.3, 0.4) is 0 Å². The number of rotatable bonds is 1. The van der Waals surface area contributed by atoms with Crippen molar-refractivity contribution in [2.75, 3.05) is 0 Å². The second-order valence-corrected chi connectivity index (χ2v) is 3.27. The second kappa shape index (κ2) is 3.12. The molecule has 0 bridgehead atoms. The molecular formula is C9H10N2O2. The molecule has 0 spiro atoms. The van der Waals surface area contributed by atoms with Crippen LogP contribution in [0.1, 0.15) is 17.7 Å². The Bertz CT molecular complexity index is 338. The molecule has 0 aromatic carbocycles. The van der Waals surface area contributed by atoms with Crippen LogP contribution in [0.25, 0.3) is 0 Å². The van der Waals surface area contributed by atoms with E-state index < -0.39 is 5.97 Å². The SMILES string of the molecule is O=C(O)C1CCc2ncncc2C1. The highest BCUT2D eigenvalue weighted by atomic mass is 16.4. The van der Waals surface area contributed by atoms with Gasteiger partial charge in [-0.1, -0.05) is 0 Å². The minimum atomic E-state index is -0.713. The Morgan fingerprint density at radius 2 is 2.46 bits per heavy atom. The van der Waals surface area contributed by atoms with E-state index in [2.05, 4.69) is 9.97 Å². The molecule has 1 atom stereocenters. The molecule has 0 saturated heterocycles. The highest BCUT2D eigenvalue weighted by Gasteiger charge is 2.24. The normalized spacial score (nSPS) is 20.8. The number of carboxylic acids is 1. The zero-order chi connectivity index (χ0) is 9.26. The molecule has 13 heavy (non-hydrogen) atoms. The van der Waals surface area contributed by atoms with E-state index in [0.29, 0.717) is 12.8 Å². The lowest BCUT2D eigenvalue weighted by atomic mass is 9.87. The lowest BCUT2D eigenvalue weighted by molar-refractivity contribution is -0.142. The number of carbonyl (C=O) groups is 1. The van der Waals surface area contributed by atoms with Crippen LogP contribution in [0.15, 0.2) is 12.5 Å². The summed E-state index contributed by atoms with van der Waals surface area (Å²) in [5, 5.41) is 8.82. The van der Waals surface area contributed by atoms with Gasteiger partial charge in [-0.25, -0.2) is 9.97 Å². The number of aryl methyl sites for hydroxylation is 1. The molecule has 0 amide bonds. The maximum Gasteiger partial charge on any atom is 0.306 e. The topological polar surface area (TPSA) is 63.1 Å². The van der Waals surface area contributed by atoms with E-state index in [4.69, 9.17) is 5.11 Å². The van der Waals surface area contributed by atoms with Gasteiger partial charge in [0.2, 0.25) is 0 Å². The smallest absolute Gasteiger partial charge is 0.306 e. The van der Waals surface area contributed by atoms with E-state index in [-0.39, 0.29) is 5.92 Å². The highest BCUT2D eigenvalue weighted by Crippen LogP contribution is 2.22. The van der Waals surface area contributed by atoms with Crippen LogP contribution < -0.4 is 0 Å². The predicted octanol–water partition coefficient (Wildman–Crippen LogP) is 0.666. The molecule has 0 fully saturated rings. The third-order valence-corrected chi connectivity index (χ3v) is 2.43. The van der Waals surface area contributed by atoms with Crippen LogP contribution in [-0.4, -0.2) is 21.0 Å². The monoisotopic (exact) mass is 178 g/mol. The lowest BCUT2D eigenvalue weighted by Crippen LogP contribution is -2.22. The van der Waals surface area contributed by atoms with Crippen LogP contribution in [0, 0.1) is 5.92 Å². The number of fused-ring (bicyclic) bond motifs is 1. The van der Waals surface area contributed by atoms with Gasteiger partial charge in [0.25, 0.3) is 0 Å². The van der Waals surface area contributed by atoms with Gasteiger partial charge in [0.15, 0.2) is 0 Å². The van der Waals surface area contributed by atoms with Crippen molar-refractivity contribution in [1.29, 1.82) is 0 Å². The predicted molar refractivity (Wildman–Crippen MR) is 45.2 cm³/mol. The van der Waals surface area contributed by atoms with Crippen LogP contribution in [0.2, 0.25) is 0 Å². The molecule has 2 rings (SSSR count). The molecule has 1 heterocycles. The maximum atomic E-state index is 10.7. The Kier molecular flexibility index (Phi) is 1.96. The lowest BCUT2D eigenvalue weighted by Gasteiger charge is -2.19. The molecule has 4 heteroatoms. The number of aliphatic carboxylic acids is 1. The molecule has 1 aliphatic carbocycles. The van der Waals surface area contributed by atoms with Gasteiger partial charge in [0.05, 0.1) is 5.92 Å². The minimum Gasteiger partial charge on any atom is -0.481 e. The Morgan fingerprint density at radius 3 is 3.23 bits per heavy atom. The van der Waals surface area contributed by atoms with Crippen LogP contribution in [-0.2, 0) is 17.6 Å². The fourth-order valence-electron chi connectivity index (χ4n) is 1.67. The molecule has 1 aromatic heterocycles. The van der Waals surface area contributed by atoms with E-state index >= 15 is 0 Å². The molecule has 1 aliphatic rings. The molecule has 68 valence electrons. The van der Waals surface area contributed by atoms with Crippen LogP contribution in [0.4, 0.5) is 0 Å². The maximum absolute atomic E-state index is 10.7. The summed E-state index contributed by atoms with van der Waals surface area (Å²) in [5.74, 6) is -0.965. The molecule has 0 aliphatic heterocycles. The Hall–Kier alpha value is -1.45. The number of carboxylic acid groups (broad SMARTS) is 1. The summed E-state index contributed by atoms with van der Waals surface area (Å²) in [6.07, 6.45) is 5.26. The van der Waals surface area contributed by atoms with Crippen LogP contribution in [0.5, 0.6) is 0 Å². The Labute approximate surface area is 75.6 Å². The molecule has 0 radical (unpaired) electrons. The molecule has 1 N–H and O–H groups in total. The summed E-state index contributed by atoms with van der Waals surface area (Å²) in [6.45, 7) is 0. The van der Waals surface area contributed by atoms with Gasteiger partial charge in [-0.15, -0.1) is 0 Å². The van der Waals surface area contributed by atoms with E-state index in [1.54, 1.807) is 6.20 Å². The van der Waals surface area contributed by atoms with Crippen molar-refractivity contribution in [3.63, 3.8) is 0 Å². The van der Waals surface area contributed by atoms with Gasteiger partial charge < -0.3 is 5.11 Å². The Morgan fingerprint density at radius 1 is 1.62 bits per heavy atom. The van der Waals surface area contributed by atoms with Crippen molar-refractivity contribution >= 4 is 5.97 Å². The summed E-state index contributed by atoms with van der Waals surface area (Å²) < 4.78 is 0. The first-order chi connectivity index (χ1) is 6.27. The number of aromatic nitrogens is 2. The van der Waals surface area contributed by atoms with Crippen molar-refractivity contribution in [2.45, 2.75) is 19.3 Å². The summed E-state index contributed by atoms with van der Waals surface area (Å²) in [4.78, 5) is 18.7. The summed E-state index contributed by atoms with van der Waals surface area (Å²) >= 11 is 0. The fourth-order valence-corrected chi connectivity index (χ4v) is 1.67. The fraction of sp³-hybridized carbons (Fsp3) is 0.444. The van der Waals surface area contributed by atoms with Crippen molar-refractivity contribution < 1.29 is 9.90 Å². The Balaban J connectivity index is 2.24. The average molecular weight is 178 g/mol. The van der Waals surface area contributed by atoms with Crippen LogP contribution >= 0.6 is 0 Å². The summed E-state index contributed by atoms with van der Waals surface area (Å²) in [6, 6.07) is 0. The summed E-state index contributed by atoms with van der Waals surface area (Å²) in [5.41, 5.74) is 1.99. The van der Waals surface area contributed by atoms with E-state index in [9.17, 15) is 4.79 Å².